The molecule has 0 fully saturated rings. The lowest BCUT2D eigenvalue weighted by Gasteiger charge is -2.12. The Labute approximate surface area is 141 Å². The van der Waals surface area contributed by atoms with Crippen molar-refractivity contribution in [3.63, 3.8) is 0 Å². The van der Waals surface area contributed by atoms with Crippen LogP contribution in [0.4, 0.5) is 5.69 Å². The maximum Gasteiger partial charge on any atom is 0.187 e. The lowest BCUT2D eigenvalue weighted by atomic mass is 10.1. The second-order valence-electron chi connectivity index (χ2n) is 5.20. The van der Waals surface area contributed by atoms with Crippen molar-refractivity contribution < 1.29 is 9.53 Å². The number of rotatable bonds is 6. The smallest absolute Gasteiger partial charge is 0.187 e. The quantitative estimate of drug-likeness (QED) is 0.581. The van der Waals surface area contributed by atoms with Gasteiger partial charge in [0.25, 0.3) is 0 Å². The van der Waals surface area contributed by atoms with Crippen molar-refractivity contribution in [1.82, 2.24) is 0 Å². The van der Waals surface area contributed by atoms with Gasteiger partial charge >= 0.3 is 0 Å². The summed E-state index contributed by atoms with van der Waals surface area (Å²) in [5, 5.41) is 3.95. The summed E-state index contributed by atoms with van der Waals surface area (Å²) in [5.41, 5.74) is 3.45. The van der Waals surface area contributed by atoms with Crippen LogP contribution in [0.3, 0.4) is 0 Å². The summed E-state index contributed by atoms with van der Waals surface area (Å²) in [6.45, 7) is 4.00. The van der Waals surface area contributed by atoms with E-state index in [2.05, 4.69) is 5.32 Å². The van der Waals surface area contributed by atoms with E-state index in [1.54, 1.807) is 37.5 Å². The summed E-state index contributed by atoms with van der Waals surface area (Å²) in [5.74, 6) is 0.686. The molecule has 0 saturated heterocycles. The van der Waals surface area contributed by atoms with Crippen LogP contribution >= 0.6 is 11.6 Å². The van der Waals surface area contributed by atoms with Crippen LogP contribution in [0.25, 0.3) is 0 Å². The molecule has 23 heavy (non-hydrogen) atoms. The molecule has 120 valence electrons. The molecule has 0 heterocycles. The maximum absolute atomic E-state index is 12.4. The average molecular weight is 330 g/mol. The lowest BCUT2D eigenvalue weighted by Crippen LogP contribution is -2.04. The Morgan fingerprint density at radius 2 is 1.91 bits per heavy atom. The van der Waals surface area contributed by atoms with E-state index >= 15 is 0 Å². The molecule has 0 amide bonds. The first-order valence-corrected chi connectivity index (χ1v) is 7.83. The van der Waals surface area contributed by atoms with Crippen molar-refractivity contribution in [3.05, 3.63) is 70.4 Å². The summed E-state index contributed by atoms with van der Waals surface area (Å²) in [6, 6.07) is 12.7. The van der Waals surface area contributed by atoms with Crippen molar-refractivity contribution in [3.8, 4) is 5.75 Å². The predicted octanol–water partition coefficient (Wildman–Crippen LogP) is 5.25. The van der Waals surface area contributed by atoms with E-state index in [1.807, 2.05) is 32.0 Å². The molecule has 0 aliphatic heterocycles. The highest BCUT2D eigenvalue weighted by Crippen LogP contribution is 2.22. The zero-order valence-electron chi connectivity index (χ0n) is 13.5. The van der Waals surface area contributed by atoms with Gasteiger partial charge in [-0.05, 0) is 55.3 Å². The van der Waals surface area contributed by atoms with Crippen LogP contribution in [0.2, 0.25) is 5.02 Å². The number of carbonyl (C=O) groups is 1. The van der Waals surface area contributed by atoms with Crippen LogP contribution in [-0.4, -0.2) is 12.9 Å². The third-order valence-electron chi connectivity index (χ3n) is 3.56. The Morgan fingerprint density at radius 1 is 1.22 bits per heavy atom. The van der Waals surface area contributed by atoms with Gasteiger partial charge in [0.05, 0.1) is 7.11 Å². The van der Waals surface area contributed by atoms with Crippen molar-refractivity contribution in [2.45, 2.75) is 20.3 Å². The first-order chi connectivity index (χ1) is 11.0. The van der Waals surface area contributed by atoms with Crippen LogP contribution in [0.15, 0.2) is 54.2 Å². The molecule has 0 unspecified atom stereocenters. The molecule has 2 aromatic carbocycles. The molecule has 0 bridgehead atoms. The van der Waals surface area contributed by atoms with Crippen molar-refractivity contribution >= 4 is 23.1 Å². The number of halogens is 1. The van der Waals surface area contributed by atoms with Crippen LogP contribution in [0, 0.1) is 6.92 Å². The highest BCUT2D eigenvalue weighted by atomic mass is 35.5. The fourth-order valence-corrected chi connectivity index (χ4v) is 2.30. The van der Waals surface area contributed by atoms with E-state index < -0.39 is 0 Å². The van der Waals surface area contributed by atoms with Crippen molar-refractivity contribution in [2.24, 2.45) is 0 Å². The van der Waals surface area contributed by atoms with E-state index in [4.69, 9.17) is 16.3 Å². The Hall–Kier alpha value is -2.26. The van der Waals surface area contributed by atoms with Crippen LogP contribution in [0.1, 0.15) is 29.3 Å². The summed E-state index contributed by atoms with van der Waals surface area (Å²) in [6.07, 6.45) is 2.34. The van der Waals surface area contributed by atoms with Gasteiger partial charge in [0.15, 0.2) is 5.78 Å². The molecule has 0 atom stereocenters. The minimum atomic E-state index is -0.0447. The molecule has 1 N–H and O–H groups in total. The van der Waals surface area contributed by atoms with E-state index in [0.29, 0.717) is 17.0 Å². The summed E-state index contributed by atoms with van der Waals surface area (Å²) >= 11 is 6.04. The topological polar surface area (TPSA) is 38.3 Å². The highest BCUT2D eigenvalue weighted by molar-refractivity contribution is 6.30. The number of benzene rings is 2. The van der Waals surface area contributed by atoms with Gasteiger partial charge in [-0.1, -0.05) is 24.6 Å². The number of aryl methyl sites for hydroxylation is 1. The number of allylic oxidation sites excluding steroid dienone is 2. The second kappa shape index (κ2) is 7.84. The molecule has 0 aliphatic carbocycles. The highest BCUT2D eigenvalue weighted by Gasteiger charge is 2.07. The monoisotopic (exact) mass is 329 g/mol. The van der Waals surface area contributed by atoms with Crippen LogP contribution in [-0.2, 0) is 0 Å². The van der Waals surface area contributed by atoms with Gasteiger partial charge in [-0.15, -0.1) is 0 Å². The Balaban J connectivity index is 2.19. The first-order valence-electron chi connectivity index (χ1n) is 7.45. The number of methoxy groups -OCH3 is 1. The first kappa shape index (κ1) is 17.1. The minimum Gasteiger partial charge on any atom is -0.497 e. The number of ketones is 1. The third-order valence-corrected chi connectivity index (χ3v) is 3.79. The predicted molar refractivity (Wildman–Crippen MR) is 95.5 cm³/mol. The SMILES string of the molecule is CC/C(=C\C(=O)c1ccc(OC)cc1)Nc1cc(Cl)ccc1C. The molecular formula is C19H20ClNO2. The Bertz CT molecular complexity index is 721. The fourth-order valence-electron chi connectivity index (χ4n) is 2.13. The molecule has 0 spiro atoms. The standard InChI is InChI=1S/C19H20ClNO2/c1-4-16(21-18-11-15(20)8-5-13(18)2)12-19(22)14-6-9-17(23-3)10-7-14/h5-12,21H,4H2,1-3H3/b16-12+. The average Bonchev–Trinajstić information content (AvgIpc) is 2.57. The van der Waals surface area contributed by atoms with Gasteiger partial charge in [0.2, 0.25) is 0 Å². The van der Waals surface area contributed by atoms with Crippen molar-refractivity contribution in [1.29, 1.82) is 0 Å². The largest absolute Gasteiger partial charge is 0.497 e. The summed E-state index contributed by atoms with van der Waals surface area (Å²) in [7, 11) is 1.60. The maximum atomic E-state index is 12.4. The van der Waals surface area contributed by atoms with E-state index in [-0.39, 0.29) is 5.78 Å². The van der Waals surface area contributed by atoms with Gasteiger partial charge in [-0.25, -0.2) is 0 Å². The van der Waals surface area contributed by atoms with Gasteiger partial charge < -0.3 is 10.1 Å². The summed E-state index contributed by atoms with van der Waals surface area (Å²) < 4.78 is 5.10. The lowest BCUT2D eigenvalue weighted by molar-refractivity contribution is 0.104. The molecule has 3 nitrogen and oxygen atoms in total. The molecule has 4 heteroatoms. The van der Waals surface area contributed by atoms with Crippen LogP contribution < -0.4 is 10.1 Å². The van der Waals surface area contributed by atoms with E-state index in [9.17, 15) is 4.79 Å². The number of hydrogen-bond donors (Lipinski definition) is 1. The molecule has 0 aliphatic rings. The van der Waals surface area contributed by atoms with Gasteiger partial charge in [-0.2, -0.15) is 0 Å². The van der Waals surface area contributed by atoms with Gasteiger partial charge in [0, 0.05) is 28.0 Å². The van der Waals surface area contributed by atoms with Crippen molar-refractivity contribution in [2.75, 3.05) is 12.4 Å². The molecule has 0 aromatic heterocycles. The summed E-state index contributed by atoms with van der Waals surface area (Å²) in [4.78, 5) is 12.4. The zero-order valence-corrected chi connectivity index (χ0v) is 14.3. The second-order valence-corrected chi connectivity index (χ2v) is 5.64. The van der Waals surface area contributed by atoms with Gasteiger partial charge in [-0.3, -0.25) is 4.79 Å². The number of anilines is 1. The van der Waals surface area contributed by atoms with E-state index in [1.165, 1.54) is 0 Å². The van der Waals surface area contributed by atoms with E-state index in [0.717, 1.165) is 22.7 Å². The normalized spacial score (nSPS) is 11.2. The number of ether oxygens (including phenoxy) is 1. The molecule has 0 saturated carbocycles. The van der Waals surface area contributed by atoms with Gasteiger partial charge in [0.1, 0.15) is 5.75 Å². The number of hydrogen-bond acceptors (Lipinski definition) is 3. The third kappa shape index (κ3) is 4.60. The molecule has 2 aromatic rings. The number of nitrogens with one attached hydrogen (secondary N) is 1. The Morgan fingerprint density at radius 3 is 2.52 bits per heavy atom. The minimum absolute atomic E-state index is 0.0447. The zero-order chi connectivity index (χ0) is 16.8. The molecular weight excluding hydrogens is 310 g/mol. The molecule has 0 radical (unpaired) electrons. The number of carbonyl (C=O) groups excluding carboxylic acids is 1. The fraction of sp³-hybridized carbons (Fsp3) is 0.211. The Kier molecular flexibility index (Phi) is 5.83. The molecule has 2 rings (SSSR count). The van der Waals surface area contributed by atoms with Crippen LogP contribution in [0.5, 0.6) is 5.75 Å².